The lowest BCUT2D eigenvalue weighted by Gasteiger charge is -2.20. The van der Waals surface area contributed by atoms with Crippen LogP contribution in [0.3, 0.4) is 0 Å². The molecule has 0 unspecified atom stereocenters. The molecule has 1 saturated heterocycles. The van der Waals surface area contributed by atoms with Gasteiger partial charge in [-0.25, -0.2) is 0 Å². The van der Waals surface area contributed by atoms with Crippen molar-refractivity contribution in [1.82, 2.24) is 4.90 Å². The van der Waals surface area contributed by atoms with E-state index in [0.717, 1.165) is 46.8 Å². The van der Waals surface area contributed by atoms with Crippen LogP contribution in [-0.4, -0.2) is 57.6 Å². The minimum Gasteiger partial charge on any atom is -0.493 e. The lowest BCUT2D eigenvalue weighted by atomic mass is 10.1. The number of thioether (sulfide) groups is 1. The number of hydrogen-bond acceptors (Lipinski definition) is 8. The molecule has 2 aliphatic heterocycles. The third-order valence-corrected chi connectivity index (χ3v) is 7.11. The Labute approximate surface area is 213 Å². The van der Waals surface area contributed by atoms with Crippen molar-refractivity contribution >= 4 is 38.9 Å². The third-order valence-electron chi connectivity index (χ3n) is 5.44. The van der Waals surface area contributed by atoms with Crippen LogP contribution in [0.4, 0.5) is 0 Å². The molecule has 0 saturated carbocycles. The van der Waals surface area contributed by atoms with Crippen LogP contribution in [0, 0.1) is 0 Å². The number of nitrogens with zero attached hydrogens (tertiary/aromatic N) is 2. The Balaban J connectivity index is 1.56. The van der Waals surface area contributed by atoms with Crippen LogP contribution in [0.25, 0.3) is 6.08 Å². The predicted octanol–water partition coefficient (Wildman–Crippen LogP) is 5.60. The molecule has 1 fully saturated rings. The maximum Gasteiger partial charge on any atom is 0.203 e. The molecule has 0 amide bonds. The van der Waals surface area contributed by atoms with Crippen molar-refractivity contribution in [2.24, 2.45) is 4.99 Å². The zero-order chi connectivity index (χ0) is 24.1. The van der Waals surface area contributed by atoms with Gasteiger partial charge >= 0.3 is 0 Å². The number of hydrogen-bond donors (Lipinski definition) is 0. The number of ether oxygens (including phenoxy) is 5. The van der Waals surface area contributed by atoms with E-state index >= 15 is 0 Å². The minimum absolute atomic E-state index is 0.306. The van der Waals surface area contributed by atoms with E-state index in [4.69, 9.17) is 23.7 Å². The Kier molecular flexibility index (Phi) is 8.15. The summed E-state index contributed by atoms with van der Waals surface area (Å²) in [5.74, 6) is 3.06. The van der Waals surface area contributed by atoms with Crippen molar-refractivity contribution in [2.45, 2.75) is 20.0 Å². The summed E-state index contributed by atoms with van der Waals surface area (Å²) in [6.45, 7) is 5.71. The fourth-order valence-electron chi connectivity index (χ4n) is 3.92. The summed E-state index contributed by atoms with van der Waals surface area (Å²) in [5, 5.41) is 1.13. The summed E-state index contributed by atoms with van der Waals surface area (Å²) < 4.78 is 29.3. The molecule has 0 N–H and O–H groups in total. The SMILES string of the molecule is CCOc1cc(C=C2CN3CCCN=C3S2)cc(Br)c1OCc1cc(OC)c(OC)c(OC)c1. The highest BCUT2D eigenvalue weighted by Crippen LogP contribution is 2.41. The zero-order valence-corrected chi connectivity index (χ0v) is 22.3. The average molecular weight is 549 g/mol. The largest absolute Gasteiger partial charge is 0.493 e. The molecule has 2 aliphatic rings. The standard InChI is InChI=1S/C25H29BrN2O5S/c1-5-32-22-11-16(9-18-14-28-8-6-7-27-25(28)34-18)10-19(26)23(22)33-15-17-12-20(29-2)24(31-4)21(13-17)30-3/h9-13H,5-8,14-15H2,1-4H3. The zero-order valence-electron chi connectivity index (χ0n) is 19.9. The van der Waals surface area contributed by atoms with Gasteiger partial charge in [0.05, 0.1) is 39.0 Å². The lowest BCUT2D eigenvalue weighted by molar-refractivity contribution is 0.265. The van der Waals surface area contributed by atoms with Gasteiger partial charge in [-0.05, 0) is 70.7 Å². The van der Waals surface area contributed by atoms with Gasteiger partial charge in [-0.1, -0.05) is 11.8 Å². The van der Waals surface area contributed by atoms with Gasteiger partial charge in [0.1, 0.15) is 6.61 Å². The van der Waals surface area contributed by atoms with E-state index in [2.05, 4.69) is 38.0 Å². The summed E-state index contributed by atoms with van der Waals surface area (Å²) in [5.41, 5.74) is 1.94. The molecule has 0 bridgehead atoms. The fourth-order valence-corrected chi connectivity index (χ4v) is 5.59. The Morgan fingerprint density at radius 1 is 1.00 bits per heavy atom. The van der Waals surface area contributed by atoms with E-state index in [0.29, 0.717) is 42.0 Å². The second-order valence-electron chi connectivity index (χ2n) is 7.74. The number of rotatable bonds is 9. The number of fused-ring (bicyclic) bond motifs is 1. The molecule has 2 heterocycles. The van der Waals surface area contributed by atoms with E-state index in [1.54, 1.807) is 33.1 Å². The molecule has 0 aliphatic carbocycles. The van der Waals surface area contributed by atoms with E-state index < -0.39 is 0 Å². The Hall–Kier alpha value is -2.52. The number of methoxy groups -OCH3 is 3. The number of benzene rings is 2. The van der Waals surface area contributed by atoms with Crippen LogP contribution in [0.2, 0.25) is 0 Å². The number of halogens is 1. The highest BCUT2D eigenvalue weighted by molar-refractivity contribution is 9.10. The van der Waals surface area contributed by atoms with Crippen molar-refractivity contribution in [3.05, 3.63) is 44.8 Å². The Bertz CT molecular complexity index is 1080. The van der Waals surface area contributed by atoms with Gasteiger partial charge in [-0.2, -0.15) is 0 Å². The minimum atomic E-state index is 0.306. The van der Waals surface area contributed by atoms with Gasteiger partial charge in [0, 0.05) is 18.0 Å². The van der Waals surface area contributed by atoms with Crippen LogP contribution < -0.4 is 23.7 Å². The molecule has 0 spiro atoms. The lowest BCUT2D eigenvalue weighted by Crippen LogP contribution is -2.29. The average Bonchev–Trinajstić information content (AvgIpc) is 3.25. The fraction of sp³-hybridized carbons (Fsp3) is 0.400. The summed E-state index contributed by atoms with van der Waals surface area (Å²) in [7, 11) is 4.78. The Morgan fingerprint density at radius 3 is 2.41 bits per heavy atom. The summed E-state index contributed by atoms with van der Waals surface area (Å²) in [4.78, 5) is 8.26. The van der Waals surface area contributed by atoms with Crippen molar-refractivity contribution in [1.29, 1.82) is 0 Å². The molecule has 2 aromatic carbocycles. The molecule has 34 heavy (non-hydrogen) atoms. The Morgan fingerprint density at radius 2 is 1.76 bits per heavy atom. The monoisotopic (exact) mass is 548 g/mol. The van der Waals surface area contributed by atoms with Crippen molar-refractivity contribution in [3.63, 3.8) is 0 Å². The smallest absolute Gasteiger partial charge is 0.203 e. The summed E-state index contributed by atoms with van der Waals surface area (Å²) >= 11 is 5.44. The van der Waals surface area contributed by atoms with E-state index in [1.165, 1.54) is 4.91 Å². The summed E-state index contributed by atoms with van der Waals surface area (Å²) in [6, 6.07) is 7.83. The van der Waals surface area contributed by atoms with E-state index in [1.807, 2.05) is 25.1 Å². The van der Waals surface area contributed by atoms with Crippen molar-refractivity contribution in [2.75, 3.05) is 47.6 Å². The van der Waals surface area contributed by atoms with Gasteiger partial charge in [0.2, 0.25) is 5.75 Å². The maximum absolute atomic E-state index is 6.20. The molecular weight excluding hydrogens is 520 g/mol. The molecule has 9 heteroatoms. The molecule has 7 nitrogen and oxygen atoms in total. The van der Waals surface area contributed by atoms with Gasteiger partial charge in [-0.3, -0.25) is 4.99 Å². The maximum atomic E-state index is 6.20. The number of aliphatic imine (C=N–C) groups is 1. The molecule has 4 rings (SSSR count). The van der Waals surface area contributed by atoms with Crippen LogP contribution >= 0.6 is 27.7 Å². The normalized spacial score (nSPS) is 16.2. The van der Waals surface area contributed by atoms with Gasteiger partial charge in [0.15, 0.2) is 28.2 Å². The van der Waals surface area contributed by atoms with E-state index in [9.17, 15) is 0 Å². The molecule has 2 aromatic rings. The molecule has 0 aromatic heterocycles. The first kappa shape index (κ1) is 24.6. The topological polar surface area (TPSA) is 61.8 Å². The first-order valence-corrected chi connectivity index (χ1v) is 12.7. The second-order valence-corrected chi connectivity index (χ2v) is 9.69. The van der Waals surface area contributed by atoms with Gasteiger partial charge in [-0.15, -0.1) is 0 Å². The third kappa shape index (κ3) is 5.41. The van der Waals surface area contributed by atoms with E-state index in [-0.39, 0.29) is 0 Å². The van der Waals surface area contributed by atoms with Crippen LogP contribution in [0.15, 0.2) is 38.6 Å². The van der Waals surface area contributed by atoms with Crippen LogP contribution in [0.5, 0.6) is 28.7 Å². The highest BCUT2D eigenvalue weighted by Gasteiger charge is 2.25. The second kappa shape index (κ2) is 11.3. The van der Waals surface area contributed by atoms with Crippen molar-refractivity contribution < 1.29 is 23.7 Å². The predicted molar refractivity (Wildman–Crippen MR) is 140 cm³/mol. The van der Waals surface area contributed by atoms with Crippen LogP contribution in [0.1, 0.15) is 24.5 Å². The van der Waals surface area contributed by atoms with Crippen molar-refractivity contribution in [3.8, 4) is 28.7 Å². The molecule has 182 valence electrons. The quantitative estimate of drug-likeness (QED) is 0.404. The first-order chi connectivity index (χ1) is 16.6. The summed E-state index contributed by atoms with van der Waals surface area (Å²) in [6.07, 6.45) is 3.32. The molecular formula is C25H29BrN2O5S. The number of amidine groups is 1. The van der Waals surface area contributed by atoms with Gasteiger partial charge < -0.3 is 28.6 Å². The van der Waals surface area contributed by atoms with Gasteiger partial charge in [0.25, 0.3) is 0 Å². The first-order valence-electron chi connectivity index (χ1n) is 11.1. The highest BCUT2D eigenvalue weighted by atomic mass is 79.9. The van der Waals surface area contributed by atoms with Crippen LogP contribution in [-0.2, 0) is 6.61 Å². The molecule has 0 radical (unpaired) electrons. The molecule has 0 atom stereocenters.